The number of benzene rings is 1. The maximum Gasteiger partial charge on any atom is 0.492 e. The van der Waals surface area contributed by atoms with Crippen LogP contribution in [0.25, 0.3) is 6.08 Å². The van der Waals surface area contributed by atoms with E-state index in [1.807, 2.05) is 59.8 Å². The van der Waals surface area contributed by atoms with Gasteiger partial charge in [0.05, 0.1) is 11.2 Å². The quantitative estimate of drug-likeness (QED) is 0.823. The van der Waals surface area contributed by atoms with Crippen molar-refractivity contribution >= 4 is 19.1 Å². The molecule has 2 N–H and O–H groups in total. The average Bonchev–Trinajstić information content (AvgIpc) is 2.68. The lowest BCUT2D eigenvalue weighted by Crippen LogP contribution is -2.41. The first kappa shape index (κ1) is 19.5. The normalized spacial score (nSPS) is 19.2. The number of aryl methyl sites for hydroxylation is 2. The van der Waals surface area contributed by atoms with Crippen molar-refractivity contribution in [2.24, 2.45) is 0 Å². The smallest absolute Gasteiger partial charge is 0.492 e. The van der Waals surface area contributed by atoms with Crippen molar-refractivity contribution in [3.8, 4) is 5.75 Å². The molecular weight excluding hydrogens is 317 g/mol. The molecule has 0 unspecified atom stereocenters. The van der Waals surface area contributed by atoms with Gasteiger partial charge in [0.2, 0.25) is 5.91 Å². The number of nitrogens with one attached hydrogen (secondary N) is 1. The highest BCUT2D eigenvalue weighted by atomic mass is 16.7. The van der Waals surface area contributed by atoms with E-state index in [-0.39, 0.29) is 5.91 Å². The van der Waals surface area contributed by atoms with Crippen LogP contribution < -0.4 is 5.32 Å². The molecule has 25 heavy (non-hydrogen) atoms. The summed E-state index contributed by atoms with van der Waals surface area (Å²) >= 11 is 0. The predicted octanol–water partition coefficient (Wildman–Crippen LogP) is 3.16. The fourth-order valence-corrected chi connectivity index (χ4v) is 2.71. The van der Waals surface area contributed by atoms with E-state index in [1.165, 1.54) is 6.92 Å². The van der Waals surface area contributed by atoms with Gasteiger partial charge in [-0.25, -0.2) is 0 Å². The van der Waals surface area contributed by atoms with Crippen LogP contribution in [0, 0.1) is 13.8 Å². The van der Waals surface area contributed by atoms with Gasteiger partial charge in [-0.1, -0.05) is 6.08 Å². The first-order chi connectivity index (χ1) is 11.4. The number of hydrogen-bond donors (Lipinski definition) is 2. The highest BCUT2D eigenvalue weighted by Gasteiger charge is 2.52. The summed E-state index contributed by atoms with van der Waals surface area (Å²) in [7, 11) is -0.536. The molecule has 2 rings (SSSR count). The third-order valence-corrected chi connectivity index (χ3v) is 4.96. The SMILES string of the molecule is CC(=O)NCC(=Cc1cc(C)c(O)c(C)c1)B1OC(C)(C)C(C)(C)O1. The van der Waals surface area contributed by atoms with Gasteiger partial charge in [0.15, 0.2) is 0 Å². The van der Waals surface area contributed by atoms with E-state index < -0.39 is 18.3 Å². The van der Waals surface area contributed by atoms with Crippen LogP contribution in [0.15, 0.2) is 17.6 Å². The Hall–Kier alpha value is -1.79. The fraction of sp³-hybridized carbons (Fsp3) is 0.526. The highest BCUT2D eigenvalue weighted by molar-refractivity contribution is 6.56. The first-order valence-corrected chi connectivity index (χ1v) is 8.54. The molecule has 1 aromatic carbocycles. The Morgan fingerprint density at radius 1 is 1.16 bits per heavy atom. The molecule has 1 saturated heterocycles. The number of hydrogen-bond acceptors (Lipinski definition) is 4. The number of carbonyl (C=O) groups excluding carboxylic acids is 1. The van der Waals surface area contributed by atoms with Crippen molar-refractivity contribution in [3.05, 3.63) is 34.3 Å². The van der Waals surface area contributed by atoms with Crippen LogP contribution in [0.3, 0.4) is 0 Å². The molecule has 1 amide bonds. The van der Waals surface area contributed by atoms with E-state index in [2.05, 4.69) is 5.32 Å². The Labute approximate surface area is 150 Å². The molecule has 1 aliphatic rings. The molecule has 136 valence electrons. The van der Waals surface area contributed by atoms with Gasteiger partial charge in [-0.3, -0.25) is 4.79 Å². The van der Waals surface area contributed by atoms with Gasteiger partial charge in [-0.2, -0.15) is 0 Å². The number of phenols is 1. The van der Waals surface area contributed by atoms with Crippen LogP contribution in [0.5, 0.6) is 5.75 Å². The number of carbonyl (C=O) groups is 1. The summed E-state index contributed by atoms with van der Waals surface area (Å²) in [5.41, 5.74) is 2.47. The van der Waals surface area contributed by atoms with Crippen LogP contribution in [0.4, 0.5) is 0 Å². The minimum atomic E-state index is -0.536. The molecule has 0 spiro atoms. The standard InChI is InChI=1S/C19H28BNO4/c1-12-8-15(9-13(2)17(12)23)10-16(11-21-14(3)22)20-24-18(4,5)19(6,7)25-20/h8-10,23H,11H2,1-7H3,(H,21,22). The summed E-state index contributed by atoms with van der Waals surface area (Å²) in [6, 6.07) is 3.81. The number of aromatic hydroxyl groups is 1. The highest BCUT2D eigenvalue weighted by Crippen LogP contribution is 2.39. The number of phenolic OH excluding ortho intramolecular Hbond substituents is 1. The molecule has 0 saturated carbocycles. The third kappa shape index (κ3) is 4.25. The summed E-state index contributed by atoms with van der Waals surface area (Å²) in [5.74, 6) is 0.191. The monoisotopic (exact) mass is 345 g/mol. The zero-order chi connectivity index (χ0) is 19.0. The Morgan fingerprint density at radius 2 is 1.64 bits per heavy atom. The van der Waals surface area contributed by atoms with E-state index >= 15 is 0 Å². The molecule has 6 heteroatoms. The van der Waals surface area contributed by atoms with Gasteiger partial charge in [0, 0.05) is 13.5 Å². The molecule has 1 heterocycles. The van der Waals surface area contributed by atoms with Crippen LogP contribution >= 0.6 is 0 Å². The Bertz CT molecular complexity index is 670. The van der Waals surface area contributed by atoms with E-state index in [1.54, 1.807) is 0 Å². The molecule has 0 aliphatic carbocycles. The molecule has 1 aromatic rings. The second-order valence-corrected chi connectivity index (χ2v) is 7.72. The Kier molecular flexibility index (Phi) is 5.35. The summed E-state index contributed by atoms with van der Waals surface area (Å²) in [6.45, 7) is 13.5. The molecule has 0 aromatic heterocycles. The van der Waals surface area contributed by atoms with Gasteiger partial charge < -0.3 is 19.7 Å². The second-order valence-electron chi connectivity index (χ2n) is 7.72. The number of amides is 1. The van der Waals surface area contributed by atoms with Crippen molar-refractivity contribution in [1.82, 2.24) is 5.32 Å². The zero-order valence-electron chi connectivity index (χ0n) is 16.2. The van der Waals surface area contributed by atoms with Crippen molar-refractivity contribution in [2.45, 2.75) is 59.7 Å². The zero-order valence-corrected chi connectivity index (χ0v) is 16.2. The Balaban J connectivity index is 2.38. The van der Waals surface area contributed by atoms with E-state index in [4.69, 9.17) is 9.31 Å². The molecule has 1 aliphatic heterocycles. The molecular formula is C19H28BNO4. The lowest BCUT2D eigenvalue weighted by Gasteiger charge is -2.32. The van der Waals surface area contributed by atoms with Gasteiger partial charge in [0.25, 0.3) is 0 Å². The molecule has 1 fully saturated rings. The predicted molar refractivity (Wildman–Crippen MR) is 100 cm³/mol. The van der Waals surface area contributed by atoms with Gasteiger partial charge >= 0.3 is 7.12 Å². The van der Waals surface area contributed by atoms with Crippen LogP contribution in [-0.2, 0) is 14.1 Å². The van der Waals surface area contributed by atoms with Crippen LogP contribution in [0.2, 0.25) is 0 Å². The summed E-state index contributed by atoms with van der Waals surface area (Å²) in [6.07, 6.45) is 1.96. The van der Waals surface area contributed by atoms with Gasteiger partial charge in [-0.05, 0) is 75.8 Å². The lowest BCUT2D eigenvalue weighted by atomic mass is 9.76. The fourth-order valence-electron chi connectivity index (χ4n) is 2.71. The van der Waals surface area contributed by atoms with Crippen molar-refractivity contribution in [1.29, 1.82) is 0 Å². The maximum atomic E-state index is 11.4. The van der Waals surface area contributed by atoms with Gasteiger partial charge in [-0.15, -0.1) is 0 Å². The van der Waals surface area contributed by atoms with E-state index in [0.29, 0.717) is 12.3 Å². The Morgan fingerprint density at radius 3 is 2.08 bits per heavy atom. The van der Waals surface area contributed by atoms with E-state index in [9.17, 15) is 9.90 Å². The summed E-state index contributed by atoms with van der Waals surface area (Å²) in [4.78, 5) is 11.4. The topological polar surface area (TPSA) is 67.8 Å². The van der Waals surface area contributed by atoms with Crippen molar-refractivity contribution < 1.29 is 19.2 Å². The number of rotatable bonds is 4. The molecule has 0 bridgehead atoms. The van der Waals surface area contributed by atoms with Crippen molar-refractivity contribution in [3.63, 3.8) is 0 Å². The van der Waals surface area contributed by atoms with Crippen LogP contribution in [-0.4, -0.2) is 35.9 Å². The maximum absolute atomic E-state index is 11.4. The van der Waals surface area contributed by atoms with Crippen LogP contribution in [0.1, 0.15) is 51.3 Å². The average molecular weight is 345 g/mol. The minimum Gasteiger partial charge on any atom is -0.507 e. The lowest BCUT2D eigenvalue weighted by molar-refractivity contribution is -0.118. The van der Waals surface area contributed by atoms with Crippen molar-refractivity contribution in [2.75, 3.05) is 6.54 Å². The van der Waals surface area contributed by atoms with Gasteiger partial charge in [0.1, 0.15) is 5.75 Å². The molecule has 0 radical (unpaired) electrons. The molecule has 0 atom stereocenters. The summed E-state index contributed by atoms with van der Waals surface area (Å²) in [5, 5.41) is 12.8. The summed E-state index contributed by atoms with van der Waals surface area (Å²) < 4.78 is 12.2. The largest absolute Gasteiger partial charge is 0.507 e. The third-order valence-electron chi connectivity index (χ3n) is 4.96. The minimum absolute atomic E-state index is 0.111. The van der Waals surface area contributed by atoms with E-state index in [0.717, 1.165) is 22.2 Å². The molecule has 5 nitrogen and oxygen atoms in total. The first-order valence-electron chi connectivity index (χ1n) is 8.54. The second kappa shape index (κ2) is 6.85.